The lowest BCUT2D eigenvalue weighted by Gasteiger charge is -2.26. The van der Waals surface area contributed by atoms with Crippen LogP contribution in [0.2, 0.25) is 5.02 Å². The van der Waals surface area contributed by atoms with Crippen LogP contribution in [0.3, 0.4) is 0 Å². The molecule has 114 valence electrons. The van der Waals surface area contributed by atoms with Crippen LogP contribution in [0.4, 0.5) is 10.1 Å². The summed E-state index contributed by atoms with van der Waals surface area (Å²) in [6.07, 6.45) is 2.52. The van der Waals surface area contributed by atoms with Crippen molar-refractivity contribution in [2.24, 2.45) is 0 Å². The lowest BCUT2D eigenvalue weighted by atomic mass is 10.3. The number of anilines is 1. The second-order valence-electron chi connectivity index (χ2n) is 4.35. The number of halogens is 2. The number of rotatable bonds is 6. The molecule has 8 heteroatoms. The van der Waals surface area contributed by atoms with E-state index in [0.717, 1.165) is 6.07 Å². The maximum atomic E-state index is 14.0. The van der Waals surface area contributed by atoms with Crippen molar-refractivity contribution in [2.45, 2.75) is 24.3 Å². The maximum Gasteiger partial charge on any atom is 0.246 e. The van der Waals surface area contributed by atoms with E-state index in [-0.39, 0.29) is 16.8 Å². The molecular formula is C12H18ClFN2O2S2. The third-order valence-corrected chi connectivity index (χ3v) is 5.88. The fourth-order valence-electron chi connectivity index (χ4n) is 1.80. The van der Waals surface area contributed by atoms with Crippen molar-refractivity contribution in [3.63, 3.8) is 0 Å². The fourth-order valence-corrected chi connectivity index (χ4v) is 4.57. The molecule has 1 aromatic carbocycles. The Morgan fingerprint density at radius 1 is 1.50 bits per heavy atom. The summed E-state index contributed by atoms with van der Waals surface area (Å²) in [5, 5.41) is 0.0915. The number of benzene rings is 1. The number of nitrogens with zero attached hydrogens (tertiary/aromatic N) is 1. The molecule has 0 aliphatic heterocycles. The zero-order chi connectivity index (χ0) is 15.5. The van der Waals surface area contributed by atoms with E-state index in [1.807, 2.05) is 13.2 Å². The summed E-state index contributed by atoms with van der Waals surface area (Å²) in [5.41, 5.74) is 5.16. The Kier molecular flexibility index (Phi) is 6.12. The van der Waals surface area contributed by atoms with Gasteiger partial charge in [-0.05, 0) is 24.8 Å². The van der Waals surface area contributed by atoms with Crippen LogP contribution in [0.5, 0.6) is 0 Å². The van der Waals surface area contributed by atoms with Gasteiger partial charge in [0.2, 0.25) is 10.0 Å². The predicted molar refractivity (Wildman–Crippen MR) is 83.2 cm³/mol. The first-order valence-corrected chi connectivity index (χ1v) is 9.18. The third-order valence-electron chi connectivity index (χ3n) is 3.03. The third kappa shape index (κ3) is 3.58. The second kappa shape index (κ2) is 6.98. The summed E-state index contributed by atoms with van der Waals surface area (Å²) in [6, 6.07) is 2.06. The summed E-state index contributed by atoms with van der Waals surface area (Å²) in [4.78, 5) is -0.482. The van der Waals surface area contributed by atoms with E-state index < -0.39 is 20.7 Å². The normalized spacial score (nSPS) is 13.7. The van der Waals surface area contributed by atoms with Crippen LogP contribution in [0.25, 0.3) is 0 Å². The maximum absolute atomic E-state index is 14.0. The SMILES string of the molecule is CCC(CSC)N(C)S(=O)(=O)c1cc(Cl)cc(N)c1F. The zero-order valence-corrected chi connectivity index (χ0v) is 13.9. The quantitative estimate of drug-likeness (QED) is 0.809. The van der Waals surface area contributed by atoms with E-state index in [1.165, 1.54) is 29.2 Å². The minimum atomic E-state index is -3.97. The standard InChI is InChI=1S/C12H18ClFN2O2S2/c1-4-9(7-19-3)16(2)20(17,18)11-6-8(13)5-10(15)12(11)14/h5-6,9H,4,7,15H2,1-3H3. The minimum absolute atomic E-state index is 0.0915. The van der Waals surface area contributed by atoms with Gasteiger partial charge in [0.15, 0.2) is 5.82 Å². The van der Waals surface area contributed by atoms with E-state index in [9.17, 15) is 12.8 Å². The Morgan fingerprint density at radius 3 is 2.60 bits per heavy atom. The second-order valence-corrected chi connectivity index (χ2v) is 7.66. The highest BCUT2D eigenvalue weighted by atomic mass is 35.5. The predicted octanol–water partition coefficient (Wildman–Crippen LogP) is 2.82. The molecule has 0 aliphatic carbocycles. The molecule has 0 aliphatic rings. The van der Waals surface area contributed by atoms with Gasteiger partial charge in [0, 0.05) is 23.9 Å². The summed E-state index contributed by atoms with van der Waals surface area (Å²) >= 11 is 7.31. The zero-order valence-electron chi connectivity index (χ0n) is 11.6. The highest BCUT2D eigenvalue weighted by Crippen LogP contribution is 2.28. The van der Waals surface area contributed by atoms with Crippen LogP contribution < -0.4 is 5.73 Å². The molecule has 1 atom stereocenters. The van der Waals surface area contributed by atoms with Crippen LogP contribution in [0.1, 0.15) is 13.3 Å². The van der Waals surface area contributed by atoms with Crippen molar-refractivity contribution in [1.29, 1.82) is 0 Å². The molecule has 1 unspecified atom stereocenters. The first-order valence-electron chi connectivity index (χ1n) is 5.97. The van der Waals surface area contributed by atoms with Crippen molar-refractivity contribution in [1.82, 2.24) is 4.31 Å². The van der Waals surface area contributed by atoms with Crippen LogP contribution in [-0.2, 0) is 10.0 Å². The number of nitrogens with two attached hydrogens (primary N) is 1. The van der Waals surface area contributed by atoms with Gasteiger partial charge in [-0.25, -0.2) is 12.8 Å². The van der Waals surface area contributed by atoms with Gasteiger partial charge < -0.3 is 5.73 Å². The topological polar surface area (TPSA) is 63.4 Å². The Labute approximate surface area is 128 Å². The van der Waals surface area contributed by atoms with Gasteiger partial charge in [-0.2, -0.15) is 16.1 Å². The van der Waals surface area contributed by atoms with Gasteiger partial charge in [-0.15, -0.1) is 0 Å². The molecule has 0 saturated heterocycles. The Morgan fingerprint density at radius 2 is 2.10 bits per heavy atom. The van der Waals surface area contributed by atoms with Crippen molar-refractivity contribution in [2.75, 3.05) is 24.8 Å². The molecular weight excluding hydrogens is 323 g/mol. The van der Waals surface area contributed by atoms with Gasteiger partial charge in [0.05, 0.1) is 5.69 Å². The molecule has 0 heterocycles. The van der Waals surface area contributed by atoms with Gasteiger partial charge in [0.1, 0.15) is 4.90 Å². The minimum Gasteiger partial charge on any atom is -0.396 e. The highest BCUT2D eigenvalue weighted by molar-refractivity contribution is 7.98. The lowest BCUT2D eigenvalue weighted by molar-refractivity contribution is 0.383. The molecule has 0 bridgehead atoms. The van der Waals surface area contributed by atoms with Crippen molar-refractivity contribution in [3.05, 3.63) is 23.0 Å². The monoisotopic (exact) mass is 340 g/mol. The molecule has 0 spiro atoms. The van der Waals surface area contributed by atoms with E-state index in [4.69, 9.17) is 17.3 Å². The Balaban J connectivity index is 3.29. The number of thioether (sulfide) groups is 1. The molecule has 0 fully saturated rings. The first kappa shape index (κ1) is 17.6. The summed E-state index contributed by atoms with van der Waals surface area (Å²) < 4.78 is 40.2. The van der Waals surface area contributed by atoms with Gasteiger partial charge >= 0.3 is 0 Å². The van der Waals surface area contributed by atoms with Crippen molar-refractivity contribution in [3.8, 4) is 0 Å². The van der Waals surface area contributed by atoms with E-state index in [1.54, 1.807) is 0 Å². The van der Waals surface area contributed by atoms with Gasteiger partial charge in [0.25, 0.3) is 0 Å². The molecule has 1 rings (SSSR count). The summed E-state index contributed by atoms with van der Waals surface area (Å²) in [7, 11) is -2.53. The molecule has 4 nitrogen and oxygen atoms in total. The van der Waals surface area contributed by atoms with Crippen LogP contribution in [0.15, 0.2) is 17.0 Å². The molecule has 20 heavy (non-hydrogen) atoms. The largest absolute Gasteiger partial charge is 0.396 e. The molecule has 1 aromatic rings. The molecule has 0 aromatic heterocycles. The Bertz CT molecular complexity index is 581. The molecule has 2 N–H and O–H groups in total. The van der Waals surface area contributed by atoms with E-state index >= 15 is 0 Å². The average molecular weight is 341 g/mol. The highest BCUT2D eigenvalue weighted by Gasteiger charge is 2.30. The fraction of sp³-hybridized carbons (Fsp3) is 0.500. The van der Waals surface area contributed by atoms with Crippen molar-refractivity contribution < 1.29 is 12.8 Å². The van der Waals surface area contributed by atoms with Gasteiger partial charge in [-0.3, -0.25) is 0 Å². The molecule has 0 saturated carbocycles. The number of hydrogen-bond acceptors (Lipinski definition) is 4. The Hall–Kier alpha value is -0.500. The van der Waals surface area contributed by atoms with Crippen LogP contribution >= 0.6 is 23.4 Å². The first-order chi connectivity index (χ1) is 9.25. The van der Waals surface area contributed by atoms with Gasteiger partial charge in [-0.1, -0.05) is 18.5 Å². The molecule has 0 radical (unpaired) electrons. The van der Waals surface area contributed by atoms with E-state index in [2.05, 4.69) is 0 Å². The van der Waals surface area contributed by atoms with E-state index in [0.29, 0.717) is 12.2 Å². The summed E-state index contributed by atoms with van der Waals surface area (Å²) in [6.45, 7) is 1.88. The number of sulfonamides is 1. The average Bonchev–Trinajstić information content (AvgIpc) is 2.39. The van der Waals surface area contributed by atoms with Crippen LogP contribution in [0, 0.1) is 5.82 Å². The van der Waals surface area contributed by atoms with Crippen molar-refractivity contribution >= 4 is 39.1 Å². The smallest absolute Gasteiger partial charge is 0.246 e. The summed E-state index contributed by atoms with van der Waals surface area (Å²) in [5.74, 6) is -0.329. The number of hydrogen-bond donors (Lipinski definition) is 1. The van der Waals surface area contributed by atoms with Crippen LogP contribution in [-0.4, -0.2) is 37.8 Å². The molecule has 0 amide bonds. The lowest BCUT2D eigenvalue weighted by Crippen LogP contribution is -2.38. The number of nitrogen functional groups attached to an aromatic ring is 1.